The Bertz CT molecular complexity index is 634. The molecule has 2 aliphatic rings. The number of urea groups is 1. The quantitative estimate of drug-likeness (QED) is 0.827. The second-order valence-corrected chi connectivity index (χ2v) is 6.63. The highest BCUT2D eigenvalue weighted by molar-refractivity contribution is 6.31. The molecule has 0 radical (unpaired) electrons. The van der Waals surface area contributed by atoms with Gasteiger partial charge in [0.05, 0.1) is 12.3 Å². The molecule has 3 rings (SSSR count). The molecule has 1 aromatic carbocycles. The molecule has 1 aliphatic carbocycles. The van der Waals surface area contributed by atoms with Gasteiger partial charge in [-0.25, -0.2) is 4.79 Å². The Labute approximate surface area is 146 Å². The van der Waals surface area contributed by atoms with Crippen LogP contribution < -0.4 is 15.4 Å². The number of anilines is 1. The van der Waals surface area contributed by atoms with Crippen LogP contribution in [0.1, 0.15) is 32.6 Å². The van der Waals surface area contributed by atoms with Crippen molar-refractivity contribution in [3.63, 3.8) is 0 Å². The number of hydrogen-bond donors (Lipinski definition) is 2. The van der Waals surface area contributed by atoms with Gasteiger partial charge in [-0.3, -0.25) is 4.79 Å². The highest BCUT2D eigenvalue weighted by atomic mass is 35.5. The summed E-state index contributed by atoms with van der Waals surface area (Å²) in [5.41, 5.74) is 0.498. The van der Waals surface area contributed by atoms with Gasteiger partial charge in [-0.1, -0.05) is 18.5 Å². The molecule has 2 fully saturated rings. The summed E-state index contributed by atoms with van der Waals surface area (Å²) in [4.78, 5) is 26.4. The zero-order valence-electron chi connectivity index (χ0n) is 13.7. The van der Waals surface area contributed by atoms with Crippen molar-refractivity contribution >= 4 is 29.2 Å². The first-order valence-corrected chi connectivity index (χ1v) is 8.76. The van der Waals surface area contributed by atoms with Crippen molar-refractivity contribution in [1.29, 1.82) is 0 Å². The van der Waals surface area contributed by atoms with Gasteiger partial charge in [-0.05, 0) is 43.9 Å². The van der Waals surface area contributed by atoms with E-state index in [4.69, 9.17) is 16.3 Å². The third-order valence-electron chi connectivity index (χ3n) is 4.18. The van der Waals surface area contributed by atoms with Crippen LogP contribution in [-0.4, -0.2) is 42.1 Å². The predicted molar refractivity (Wildman–Crippen MR) is 92.5 cm³/mol. The molecule has 1 unspecified atom stereocenters. The van der Waals surface area contributed by atoms with E-state index in [2.05, 4.69) is 10.6 Å². The maximum absolute atomic E-state index is 12.3. The van der Waals surface area contributed by atoms with Crippen LogP contribution in [0.5, 0.6) is 5.75 Å². The fourth-order valence-corrected chi connectivity index (χ4v) is 3.01. The summed E-state index contributed by atoms with van der Waals surface area (Å²) in [5.74, 6) is 0.579. The molecule has 0 spiro atoms. The molecule has 2 N–H and O–H groups in total. The van der Waals surface area contributed by atoms with E-state index < -0.39 is 12.1 Å². The minimum atomic E-state index is -0.454. The van der Waals surface area contributed by atoms with Gasteiger partial charge in [-0.2, -0.15) is 0 Å². The first-order valence-electron chi connectivity index (χ1n) is 8.39. The van der Waals surface area contributed by atoms with Crippen LogP contribution in [0.3, 0.4) is 0 Å². The Morgan fingerprint density at radius 3 is 2.88 bits per heavy atom. The third kappa shape index (κ3) is 3.93. The van der Waals surface area contributed by atoms with Crippen LogP contribution >= 0.6 is 11.6 Å². The highest BCUT2D eigenvalue weighted by Crippen LogP contribution is 2.31. The van der Waals surface area contributed by atoms with E-state index >= 15 is 0 Å². The molecular formula is C17H22ClN3O3. The van der Waals surface area contributed by atoms with Crippen molar-refractivity contribution in [2.45, 2.75) is 44.7 Å². The lowest BCUT2D eigenvalue weighted by Crippen LogP contribution is -2.43. The number of carbonyl (C=O) groups is 2. The van der Waals surface area contributed by atoms with Crippen LogP contribution in [0.15, 0.2) is 18.2 Å². The van der Waals surface area contributed by atoms with Crippen molar-refractivity contribution in [2.75, 3.05) is 18.5 Å². The Hall–Kier alpha value is -1.95. The fraction of sp³-hybridized carbons (Fsp3) is 0.529. The number of rotatable bonds is 6. The average Bonchev–Trinajstić information content (AvgIpc) is 3.32. The smallest absolute Gasteiger partial charge is 0.319 e. The first-order chi connectivity index (χ1) is 11.6. The van der Waals surface area contributed by atoms with Crippen molar-refractivity contribution in [1.82, 2.24) is 10.2 Å². The second-order valence-electron chi connectivity index (χ2n) is 6.19. The minimum absolute atomic E-state index is 0.0150. The molecule has 1 heterocycles. The van der Waals surface area contributed by atoms with E-state index in [1.807, 2.05) is 11.8 Å². The zero-order valence-corrected chi connectivity index (χ0v) is 14.4. The van der Waals surface area contributed by atoms with Crippen LogP contribution in [0.4, 0.5) is 10.5 Å². The largest absolute Gasteiger partial charge is 0.491 e. The Balaban J connectivity index is 1.60. The Morgan fingerprint density at radius 1 is 1.38 bits per heavy atom. The number of ether oxygens (including phenoxy) is 1. The van der Waals surface area contributed by atoms with Gasteiger partial charge in [0.2, 0.25) is 5.91 Å². The number of carbonyl (C=O) groups excluding carboxylic acids is 2. The molecule has 1 saturated heterocycles. The van der Waals surface area contributed by atoms with Crippen LogP contribution in [0.2, 0.25) is 5.02 Å². The van der Waals surface area contributed by atoms with Crippen LogP contribution in [0, 0.1) is 0 Å². The topological polar surface area (TPSA) is 70.7 Å². The van der Waals surface area contributed by atoms with Crippen molar-refractivity contribution in [3.05, 3.63) is 23.2 Å². The minimum Gasteiger partial charge on any atom is -0.491 e. The first kappa shape index (κ1) is 16.9. The molecule has 1 aromatic rings. The maximum Gasteiger partial charge on any atom is 0.319 e. The molecular weight excluding hydrogens is 330 g/mol. The Morgan fingerprint density at radius 2 is 2.17 bits per heavy atom. The lowest BCUT2D eigenvalue weighted by Gasteiger charge is -2.17. The van der Waals surface area contributed by atoms with E-state index in [1.54, 1.807) is 18.2 Å². The normalized spacial score (nSPS) is 20.2. The predicted octanol–water partition coefficient (Wildman–Crippen LogP) is 3.01. The van der Waals surface area contributed by atoms with E-state index in [-0.39, 0.29) is 5.91 Å². The van der Waals surface area contributed by atoms with Gasteiger partial charge in [0.15, 0.2) is 0 Å². The van der Waals surface area contributed by atoms with Gasteiger partial charge < -0.3 is 20.3 Å². The number of halogens is 1. The SMILES string of the molecule is CCCOc1ccc(Cl)cc1NC(=O)NC1CCN(C2CC2)C1=O. The monoisotopic (exact) mass is 351 g/mol. The molecule has 24 heavy (non-hydrogen) atoms. The molecule has 6 nitrogen and oxygen atoms in total. The second kappa shape index (κ2) is 7.30. The summed E-state index contributed by atoms with van der Waals surface area (Å²) in [5, 5.41) is 6.00. The van der Waals surface area contributed by atoms with Gasteiger partial charge in [-0.15, -0.1) is 0 Å². The third-order valence-corrected chi connectivity index (χ3v) is 4.42. The highest BCUT2D eigenvalue weighted by Gasteiger charge is 2.40. The van der Waals surface area contributed by atoms with E-state index in [0.29, 0.717) is 35.5 Å². The molecule has 1 saturated carbocycles. The lowest BCUT2D eigenvalue weighted by molar-refractivity contribution is -0.129. The fourth-order valence-electron chi connectivity index (χ4n) is 2.84. The standard InChI is InChI=1S/C17H22ClN3O3/c1-2-9-24-15-6-3-11(18)10-14(15)20-17(23)19-13-7-8-21(16(13)22)12-4-5-12/h3,6,10,12-13H,2,4-5,7-9H2,1H3,(H2,19,20,23). The van der Waals surface area contributed by atoms with Gasteiger partial charge in [0, 0.05) is 17.6 Å². The zero-order chi connectivity index (χ0) is 17.1. The van der Waals surface area contributed by atoms with Crippen LogP contribution in [0.25, 0.3) is 0 Å². The van der Waals surface area contributed by atoms with E-state index in [9.17, 15) is 9.59 Å². The summed E-state index contributed by atoms with van der Waals surface area (Å²) in [6.45, 7) is 3.28. The number of benzene rings is 1. The average molecular weight is 352 g/mol. The van der Waals surface area contributed by atoms with Gasteiger partial charge in [0.25, 0.3) is 0 Å². The lowest BCUT2D eigenvalue weighted by atomic mass is 10.2. The van der Waals surface area contributed by atoms with Crippen molar-refractivity contribution in [2.24, 2.45) is 0 Å². The summed E-state index contributed by atoms with van der Waals surface area (Å²) in [6.07, 6.45) is 3.66. The summed E-state index contributed by atoms with van der Waals surface area (Å²) >= 11 is 6.00. The molecule has 1 atom stereocenters. The molecule has 130 valence electrons. The molecule has 0 bridgehead atoms. The maximum atomic E-state index is 12.3. The summed E-state index contributed by atoms with van der Waals surface area (Å²) in [6, 6.07) is 4.58. The number of nitrogens with zero attached hydrogens (tertiary/aromatic N) is 1. The van der Waals surface area contributed by atoms with Crippen molar-refractivity contribution in [3.8, 4) is 5.75 Å². The van der Waals surface area contributed by atoms with Crippen LogP contribution in [-0.2, 0) is 4.79 Å². The van der Waals surface area contributed by atoms with E-state index in [0.717, 1.165) is 25.8 Å². The number of amides is 3. The number of likely N-dealkylation sites (tertiary alicyclic amines) is 1. The van der Waals surface area contributed by atoms with Gasteiger partial charge >= 0.3 is 6.03 Å². The molecule has 7 heteroatoms. The Kier molecular flexibility index (Phi) is 5.14. The molecule has 3 amide bonds. The number of hydrogen-bond acceptors (Lipinski definition) is 3. The molecule has 0 aromatic heterocycles. The number of nitrogens with one attached hydrogen (secondary N) is 2. The molecule has 1 aliphatic heterocycles. The summed E-state index contributed by atoms with van der Waals surface area (Å²) < 4.78 is 5.61. The van der Waals surface area contributed by atoms with Crippen molar-refractivity contribution < 1.29 is 14.3 Å². The summed E-state index contributed by atoms with van der Waals surface area (Å²) in [7, 11) is 0. The van der Waals surface area contributed by atoms with E-state index in [1.165, 1.54) is 0 Å². The van der Waals surface area contributed by atoms with Gasteiger partial charge in [0.1, 0.15) is 11.8 Å².